The first kappa shape index (κ1) is 13.7. The summed E-state index contributed by atoms with van der Waals surface area (Å²) >= 11 is 5.81. The molecule has 0 aromatic carbocycles. The third-order valence-electron chi connectivity index (χ3n) is 2.83. The first-order valence-electron chi connectivity index (χ1n) is 6.16. The van der Waals surface area contributed by atoms with E-state index in [1.807, 2.05) is 6.07 Å². The minimum Gasteiger partial charge on any atom is -0.367 e. The predicted octanol–water partition coefficient (Wildman–Crippen LogP) is 2.52. The standard InChI is InChI=1S/C13H20ClN3O/c1-12(2)8-17(9-13(3,4)18-12)7-10-5-6-15-11(14)16-10/h5-6H,7-9H2,1-4H3. The zero-order valence-corrected chi connectivity index (χ0v) is 12.2. The van der Waals surface area contributed by atoms with Crippen molar-refractivity contribution in [3.05, 3.63) is 23.2 Å². The van der Waals surface area contributed by atoms with Crippen molar-refractivity contribution >= 4 is 11.6 Å². The summed E-state index contributed by atoms with van der Waals surface area (Å²) in [5.41, 5.74) is 0.667. The van der Waals surface area contributed by atoms with Gasteiger partial charge in [-0.1, -0.05) is 0 Å². The molecular weight excluding hydrogens is 250 g/mol. The van der Waals surface area contributed by atoms with E-state index < -0.39 is 0 Å². The van der Waals surface area contributed by atoms with E-state index in [-0.39, 0.29) is 11.2 Å². The monoisotopic (exact) mass is 269 g/mol. The molecule has 1 aliphatic heterocycles. The van der Waals surface area contributed by atoms with Crippen LogP contribution in [-0.2, 0) is 11.3 Å². The summed E-state index contributed by atoms with van der Waals surface area (Å²) in [5.74, 6) is 0. The molecule has 2 rings (SSSR count). The van der Waals surface area contributed by atoms with Crippen LogP contribution in [-0.4, -0.2) is 39.2 Å². The summed E-state index contributed by atoms with van der Waals surface area (Å²) < 4.78 is 6.05. The predicted molar refractivity (Wildman–Crippen MR) is 71.6 cm³/mol. The molecule has 1 aliphatic rings. The van der Waals surface area contributed by atoms with Gasteiger partial charge in [0.1, 0.15) is 0 Å². The molecule has 1 fully saturated rings. The van der Waals surface area contributed by atoms with Gasteiger partial charge < -0.3 is 4.74 Å². The maximum Gasteiger partial charge on any atom is 0.222 e. The van der Waals surface area contributed by atoms with Crippen molar-refractivity contribution in [3.63, 3.8) is 0 Å². The third-order valence-corrected chi connectivity index (χ3v) is 3.01. The second-order valence-corrected chi connectivity index (χ2v) is 6.42. The number of morpholine rings is 1. The number of nitrogens with zero attached hydrogens (tertiary/aromatic N) is 3. The molecule has 18 heavy (non-hydrogen) atoms. The fourth-order valence-corrected chi connectivity index (χ4v) is 2.91. The van der Waals surface area contributed by atoms with Crippen LogP contribution in [0.25, 0.3) is 0 Å². The van der Waals surface area contributed by atoms with Crippen LogP contribution >= 0.6 is 11.6 Å². The Kier molecular flexibility index (Phi) is 3.63. The van der Waals surface area contributed by atoms with E-state index >= 15 is 0 Å². The Balaban J connectivity index is 2.09. The van der Waals surface area contributed by atoms with Crippen molar-refractivity contribution in [3.8, 4) is 0 Å². The number of aromatic nitrogens is 2. The molecule has 0 aliphatic carbocycles. The Bertz CT molecular complexity index is 418. The molecule has 0 spiro atoms. The van der Waals surface area contributed by atoms with Crippen LogP contribution in [0.4, 0.5) is 0 Å². The van der Waals surface area contributed by atoms with E-state index in [0.29, 0.717) is 5.28 Å². The van der Waals surface area contributed by atoms with E-state index in [0.717, 1.165) is 25.3 Å². The molecule has 0 radical (unpaired) electrons. The first-order valence-corrected chi connectivity index (χ1v) is 6.54. The number of rotatable bonds is 2. The number of halogens is 1. The van der Waals surface area contributed by atoms with Gasteiger partial charge in [-0.3, -0.25) is 4.90 Å². The lowest BCUT2D eigenvalue weighted by Crippen LogP contribution is -2.56. The van der Waals surface area contributed by atoms with Crippen LogP contribution in [0.1, 0.15) is 33.4 Å². The van der Waals surface area contributed by atoms with Crippen LogP contribution in [0.2, 0.25) is 5.28 Å². The van der Waals surface area contributed by atoms with Crippen molar-refractivity contribution in [1.29, 1.82) is 0 Å². The van der Waals surface area contributed by atoms with Gasteiger partial charge in [-0.2, -0.15) is 0 Å². The second-order valence-electron chi connectivity index (χ2n) is 6.08. The lowest BCUT2D eigenvalue weighted by Gasteiger charge is -2.47. The van der Waals surface area contributed by atoms with E-state index in [1.165, 1.54) is 0 Å². The summed E-state index contributed by atoms with van der Waals surface area (Å²) in [5, 5.41) is 0.305. The molecule has 0 atom stereocenters. The second kappa shape index (κ2) is 4.76. The van der Waals surface area contributed by atoms with Gasteiger partial charge >= 0.3 is 0 Å². The van der Waals surface area contributed by atoms with Crippen molar-refractivity contribution in [2.24, 2.45) is 0 Å². The summed E-state index contributed by atoms with van der Waals surface area (Å²) in [4.78, 5) is 10.5. The van der Waals surface area contributed by atoms with Gasteiger partial charge in [0.2, 0.25) is 5.28 Å². The molecule has 4 nitrogen and oxygen atoms in total. The normalized spacial score (nSPS) is 22.9. The van der Waals surface area contributed by atoms with Gasteiger partial charge in [-0.05, 0) is 45.4 Å². The first-order chi connectivity index (χ1) is 8.26. The highest BCUT2D eigenvalue weighted by Gasteiger charge is 2.37. The lowest BCUT2D eigenvalue weighted by molar-refractivity contribution is -0.182. The van der Waals surface area contributed by atoms with Crippen LogP contribution < -0.4 is 0 Å². The molecule has 0 N–H and O–H groups in total. The van der Waals surface area contributed by atoms with Crippen molar-refractivity contribution in [2.75, 3.05) is 13.1 Å². The van der Waals surface area contributed by atoms with Gasteiger partial charge in [-0.15, -0.1) is 0 Å². The molecule has 0 saturated carbocycles. The fourth-order valence-electron chi connectivity index (χ4n) is 2.74. The summed E-state index contributed by atoms with van der Waals surface area (Å²) in [6, 6.07) is 1.90. The number of ether oxygens (including phenoxy) is 1. The molecule has 0 amide bonds. The number of hydrogen-bond donors (Lipinski definition) is 0. The molecule has 1 saturated heterocycles. The minimum atomic E-state index is -0.140. The zero-order chi connectivity index (χ0) is 13.4. The summed E-state index contributed by atoms with van der Waals surface area (Å²) in [6.07, 6.45) is 1.70. The van der Waals surface area contributed by atoms with E-state index in [4.69, 9.17) is 16.3 Å². The van der Waals surface area contributed by atoms with Crippen molar-refractivity contribution < 1.29 is 4.74 Å². The number of hydrogen-bond acceptors (Lipinski definition) is 4. The molecule has 5 heteroatoms. The molecule has 0 unspecified atom stereocenters. The molecule has 1 aromatic heterocycles. The van der Waals surface area contributed by atoms with Crippen LogP contribution in [0.5, 0.6) is 0 Å². The highest BCUT2D eigenvalue weighted by molar-refractivity contribution is 6.28. The van der Waals surface area contributed by atoms with E-state index in [2.05, 4.69) is 42.6 Å². The molecule has 100 valence electrons. The van der Waals surface area contributed by atoms with Gasteiger partial charge in [0, 0.05) is 25.8 Å². The Morgan fingerprint density at radius 1 is 1.28 bits per heavy atom. The topological polar surface area (TPSA) is 38.2 Å². The SMILES string of the molecule is CC1(C)CN(Cc2ccnc(Cl)n2)CC(C)(C)O1. The van der Waals surface area contributed by atoms with Crippen LogP contribution in [0.15, 0.2) is 12.3 Å². The summed E-state index contributed by atoms with van der Waals surface area (Å²) in [7, 11) is 0. The average molecular weight is 270 g/mol. The largest absolute Gasteiger partial charge is 0.367 e. The summed E-state index contributed by atoms with van der Waals surface area (Å²) in [6.45, 7) is 11.0. The Hall–Kier alpha value is -0.710. The lowest BCUT2D eigenvalue weighted by atomic mass is 9.99. The highest BCUT2D eigenvalue weighted by atomic mass is 35.5. The minimum absolute atomic E-state index is 0.140. The Morgan fingerprint density at radius 2 is 1.89 bits per heavy atom. The van der Waals surface area contributed by atoms with Gasteiger partial charge in [0.05, 0.1) is 16.9 Å². The molecule has 2 heterocycles. The van der Waals surface area contributed by atoms with E-state index in [9.17, 15) is 0 Å². The van der Waals surface area contributed by atoms with Crippen LogP contribution in [0, 0.1) is 0 Å². The van der Waals surface area contributed by atoms with Crippen molar-refractivity contribution in [1.82, 2.24) is 14.9 Å². The molecular formula is C13H20ClN3O. The van der Waals surface area contributed by atoms with E-state index in [1.54, 1.807) is 6.20 Å². The van der Waals surface area contributed by atoms with Crippen molar-refractivity contribution in [2.45, 2.75) is 45.4 Å². The highest BCUT2D eigenvalue weighted by Crippen LogP contribution is 2.28. The Labute approximate surface area is 113 Å². The quantitative estimate of drug-likeness (QED) is 0.774. The maximum atomic E-state index is 6.05. The Morgan fingerprint density at radius 3 is 2.44 bits per heavy atom. The zero-order valence-electron chi connectivity index (χ0n) is 11.4. The maximum absolute atomic E-state index is 6.05. The molecule has 0 bridgehead atoms. The smallest absolute Gasteiger partial charge is 0.222 e. The van der Waals surface area contributed by atoms with Gasteiger partial charge in [-0.25, -0.2) is 9.97 Å². The molecule has 1 aromatic rings. The third kappa shape index (κ3) is 3.64. The fraction of sp³-hybridized carbons (Fsp3) is 0.692. The van der Waals surface area contributed by atoms with Gasteiger partial charge in [0.25, 0.3) is 0 Å². The van der Waals surface area contributed by atoms with Gasteiger partial charge in [0.15, 0.2) is 0 Å². The average Bonchev–Trinajstić information content (AvgIpc) is 2.11. The van der Waals surface area contributed by atoms with Crippen LogP contribution in [0.3, 0.4) is 0 Å².